The van der Waals surface area contributed by atoms with Gasteiger partial charge in [-0.15, -0.1) is 0 Å². The lowest BCUT2D eigenvalue weighted by atomic mass is 9.81. The lowest BCUT2D eigenvalue weighted by Crippen LogP contribution is -2.52. The average molecular weight is 377 g/mol. The van der Waals surface area contributed by atoms with Crippen molar-refractivity contribution >= 4 is 17.3 Å². The van der Waals surface area contributed by atoms with Crippen LogP contribution < -0.4 is 16.0 Å². The van der Waals surface area contributed by atoms with E-state index in [2.05, 4.69) is 35.9 Å². The van der Waals surface area contributed by atoms with Gasteiger partial charge in [-0.2, -0.15) is 5.26 Å². The van der Waals surface area contributed by atoms with E-state index in [0.29, 0.717) is 12.1 Å². The van der Waals surface area contributed by atoms with Gasteiger partial charge in [0, 0.05) is 6.54 Å². The number of hydrogen-bond donors (Lipinski definition) is 3. The van der Waals surface area contributed by atoms with Gasteiger partial charge in [-0.3, -0.25) is 4.79 Å². The molecule has 1 amide bonds. The van der Waals surface area contributed by atoms with Gasteiger partial charge >= 0.3 is 0 Å². The molecule has 1 atom stereocenters. The number of benzene rings is 2. The van der Waals surface area contributed by atoms with Gasteiger partial charge in [0.15, 0.2) is 0 Å². The maximum atomic E-state index is 13.2. The van der Waals surface area contributed by atoms with Crippen molar-refractivity contribution in [3.63, 3.8) is 0 Å². The summed E-state index contributed by atoms with van der Waals surface area (Å²) in [6, 6.07) is 17.7. The van der Waals surface area contributed by atoms with Crippen molar-refractivity contribution in [1.82, 2.24) is 5.32 Å². The molecule has 0 saturated heterocycles. The first-order chi connectivity index (χ1) is 13.6. The first-order valence-corrected chi connectivity index (χ1v) is 10.1. The number of anilines is 2. The summed E-state index contributed by atoms with van der Waals surface area (Å²) in [5, 5.41) is 19.7. The number of para-hydroxylation sites is 2. The summed E-state index contributed by atoms with van der Waals surface area (Å²) in [6.45, 7) is 4.84. The minimum atomic E-state index is -0.788. The fourth-order valence-corrected chi connectivity index (χ4v) is 3.83. The molecule has 2 aromatic rings. The minimum absolute atomic E-state index is 0.0328. The van der Waals surface area contributed by atoms with E-state index in [1.165, 1.54) is 0 Å². The zero-order valence-electron chi connectivity index (χ0n) is 16.6. The van der Waals surface area contributed by atoms with Crippen LogP contribution >= 0.6 is 0 Å². The predicted molar refractivity (Wildman–Crippen MR) is 113 cm³/mol. The molecule has 0 aliphatic carbocycles. The second-order valence-corrected chi connectivity index (χ2v) is 7.28. The van der Waals surface area contributed by atoms with Crippen LogP contribution in [0.5, 0.6) is 0 Å². The topological polar surface area (TPSA) is 77.0 Å². The summed E-state index contributed by atoms with van der Waals surface area (Å²) >= 11 is 0. The summed E-state index contributed by atoms with van der Waals surface area (Å²) < 4.78 is 0. The number of amides is 1. The van der Waals surface area contributed by atoms with Crippen molar-refractivity contribution < 1.29 is 4.79 Å². The van der Waals surface area contributed by atoms with Crippen LogP contribution in [-0.2, 0) is 10.5 Å². The smallest absolute Gasteiger partial charge is 0.227 e. The maximum absolute atomic E-state index is 13.2. The molecule has 0 bridgehead atoms. The minimum Gasteiger partial charge on any atom is -0.357 e. The third kappa shape index (κ3) is 3.82. The van der Waals surface area contributed by atoms with Gasteiger partial charge in [-0.25, -0.2) is 0 Å². The van der Waals surface area contributed by atoms with Crippen molar-refractivity contribution in [2.24, 2.45) is 5.92 Å². The van der Waals surface area contributed by atoms with Crippen LogP contribution in [0.3, 0.4) is 0 Å². The molecule has 3 rings (SSSR count). The highest BCUT2D eigenvalue weighted by molar-refractivity contribution is 5.86. The van der Waals surface area contributed by atoms with E-state index in [1.54, 1.807) is 6.07 Å². The monoisotopic (exact) mass is 376 g/mol. The zero-order chi connectivity index (χ0) is 20.0. The van der Waals surface area contributed by atoms with E-state index in [4.69, 9.17) is 0 Å². The Morgan fingerprint density at radius 1 is 1.11 bits per heavy atom. The van der Waals surface area contributed by atoms with E-state index in [0.717, 1.165) is 42.6 Å². The molecule has 1 heterocycles. The Morgan fingerprint density at radius 3 is 2.43 bits per heavy atom. The molecule has 0 fully saturated rings. The van der Waals surface area contributed by atoms with E-state index in [-0.39, 0.29) is 11.8 Å². The number of carbonyl (C=O) groups excluding carboxylic acids is 1. The molecule has 1 aliphatic heterocycles. The van der Waals surface area contributed by atoms with Gasteiger partial charge in [0.2, 0.25) is 5.91 Å². The average Bonchev–Trinajstić information content (AvgIpc) is 3.13. The first-order valence-electron chi connectivity index (χ1n) is 10.1. The van der Waals surface area contributed by atoms with E-state index in [1.807, 2.05) is 42.5 Å². The standard InChI is InChI=1S/C23H28N4O/c1-3-5-11-19(22(28)25-14-4-2)23(18-10-8-9-17(15-18)16-24)26-20-12-6-7-13-21(20)27-23/h6-10,12-13,15,19,26-27H,3-5,11,14H2,1-2H3,(H,25,28). The zero-order valence-corrected chi connectivity index (χ0v) is 16.6. The number of nitriles is 1. The summed E-state index contributed by atoms with van der Waals surface area (Å²) in [5.74, 6) is -0.286. The van der Waals surface area contributed by atoms with Crippen LogP contribution in [0.4, 0.5) is 11.4 Å². The van der Waals surface area contributed by atoms with Crippen LogP contribution in [0.15, 0.2) is 48.5 Å². The molecule has 1 aliphatic rings. The number of unbranched alkanes of at least 4 members (excludes halogenated alkanes) is 1. The molecule has 28 heavy (non-hydrogen) atoms. The summed E-state index contributed by atoms with van der Waals surface area (Å²) in [5.41, 5.74) is 2.63. The Kier molecular flexibility index (Phi) is 6.20. The van der Waals surface area contributed by atoms with Crippen molar-refractivity contribution in [3.8, 4) is 6.07 Å². The lowest BCUT2D eigenvalue weighted by molar-refractivity contribution is -0.126. The van der Waals surface area contributed by atoms with E-state index < -0.39 is 5.66 Å². The van der Waals surface area contributed by atoms with Crippen LogP contribution in [-0.4, -0.2) is 12.5 Å². The van der Waals surface area contributed by atoms with Crippen LogP contribution in [0.1, 0.15) is 50.7 Å². The van der Waals surface area contributed by atoms with Crippen LogP contribution in [0.25, 0.3) is 0 Å². The van der Waals surface area contributed by atoms with Gasteiger partial charge in [0.1, 0.15) is 5.66 Å². The van der Waals surface area contributed by atoms with Gasteiger partial charge in [0.05, 0.1) is 28.9 Å². The molecular weight excluding hydrogens is 348 g/mol. The Morgan fingerprint density at radius 2 is 1.82 bits per heavy atom. The maximum Gasteiger partial charge on any atom is 0.227 e. The van der Waals surface area contributed by atoms with Crippen LogP contribution in [0.2, 0.25) is 0 Å². The highest BCUT2D eigenvalue weighted by atomic mass is 16.2. The number of nitrogens with one attached hydrogen (secondary N) is 3. The molecule has 5 nitrogen and oxygen atoms in total. The van der Waals surface area contributed by atoms with E-state index >= 15 is 0 Å². The molecule has 3 N–H and O–H groups in total. The van der Waals surface area contributed by atoms with Crippen molar-refractivity contribution in [1.29, 1.82) is 5.26 Å². The third-order valence-electron chi connectivity index (χ3n) is 5.27. The molecule has 0 radical (unpaired) electrons. The van der Waals surface area contributed by atoms with Gasteiger partial charge < -0.3 is 16.0 Å². The third-order valence-corrected chi connectivity index (χ3v) is 5.27. The quantitative estimate of drug-likeness (QED) is 0.630. The predicted octanol–water partition coefficient (Wildman–Crippen LogP) is 4.58. The molecule has 0 spiro atoms. The number of fused-ring (bicyclic) bond motifs is 1. The van der Waals surface area contributed by atoms with Gasteiger partial charge in [-0.05, 0) is 42.7 Å². The summed E-state index contributed by atoms with van der Waals surface area (Å²) in [6.07, 6.45) is 3.60. The summed E-state index contributed by atoms with van der Waals surface area (Å²) in [4.78, 5) is 13.2. The SMILES string of the molecule is CCCCC(C(=O)NCCC)C1(c2cccc(C#N)c2)Nc2ccccc2N1. The molecule has 146 valence electrons. The Hall–Kier alpha value is -3.00. The number of carbonyl (C=O) groups is 1. The van der Waals surface area contributed by atoms with Crippen molar-refractivity contribution in [3.05, 3.63) is 59.7 Å². The summed E-state index contributed by atoms with van der Waals surface area (Å²) in [7, 11) is 0. The van der Waals surface area contributed by atoms with Crippen molar-refractivity contribution in [2.45, 2.75) is 45.2 Å². The second kappa shape index (κ2) is 8.79. The fraction of sp³-hybridized carbons (Fsp3) is 0.391. The Labute approximate surface area is 167 Å². The molecule has 5 heteroatoms. The van der Waals surface area contributed by atoms with Crippen LogP contribution in [0, 0.1) is 17.2 Å². The highest BCUT2D eigenvalue weighted by Gasteiger charge is 2.48. The fourth-order valence-electron chi connectivity index (χ4n) is 3.83. The number of nitrogens with zero attached hydrogens (tertiary/aromatic N) is 1. The molecule has 2 aromatic carbocycles. The Bertz CT molecular complexity index is 846. The van der Waals surface area contributed by atoms with Gasteiger partial charge in [-0.1, -0.05) is 51.0 Å². The van der Waals surface area contributed by atoms with Gasteiger partial charge in [0.25, 0.3) is 0 Å². The second-order valence-electron chi connectivity index (χ2n) is 7.28. The van der Waals surface area contributed by atoms with E-state index in [9.17, 15) is 10.1 Å². The highest BCUT2D eigenvalue weighted by Crippen LogP contribution is 2.45. The van der Waals surface area contributed by atoms with Crippen molar-refractivity contribution in [2.75, 3.05) is 17.2 Å². The lowest BCUT2D eigenvalue weighted by Gasteiger charge is -2.38. The largest absolute Gasteiger partial charge is 0.357 e. The molecule has 0 saturated carbocycles. The number of hydrogen-bond acceptors (Lipinski definition) is 4. The Balaban J connectivity index is 2.09. The number of rotatable bonds is 8. The molecular formula is C23H28N4O. The molecule has 1 unspecified atom stereocenters. The normalized spacial score (nSPS) is 14.9. The molecule has 0 aromatic heterocycles. The first kappa shape index (κ1) is 19.8.